The van der Waals surface area contributed by atoms with Gasteiger partial charge in [0.2, 0.25) is 5.91 Å². The lowest BCUT2D eigenvalue weighted by atomic mass is 9.99. The van der Waals surface area contributed by atoms with Crippen LogP contribution in [0.15, 0.2) is 72.9 Å². The standard InChI is InChI=1S/C58H103NO8/c1-3-5-7-9-11-13-15-17-19-20-21-22-23-24-25-26-27-28-29-30-31-32-34-35-37-39-41-43-45-47-52(61)51(50-66-58-57(65)56(64)55(63)53(49-60)67-58)59-54(62)48-46-44-42-40-38-36-33-18-16-14-12-10-8-6-4-2/h6,8,12,14,18,33,38,40,44-47,51-53,55-58,60-61,63-65H,3-5,7,9-11,13,15-17,19-32,34-37,39,41-43,48-50H2,1-2H3,(H,59,62)/b8-6-,14-12-,33-18-,40-38-,46-44-,47-45+. The molecule has 0 bridgehead atoms. The van der Waals surface area contributed by atoms with Gasteiger partial charge in [-0.3, -0.25) is 4.79 Å². The van der Waals surface area contributed by atoms with Gasteiger partial charge < -0.3 is 40.3 Å². The van der Waals surface area contributed by atoms with Crippen LogP contribution in [0.4, 0.5) is 0 Å². The number of hydrogen-bond acceptors (Lipinski definition) is 8. The van der Waals surface area contributed by atoms with Crippen molar-refractivity contribution in [1.29, 1.82) is 0 Å². The molecule has 0 radical (unpaired) electrons. The van der Waals surface area contributed by atoms with Gasteiger partial charge in [0.25, 0.3) is 0 Å². The number of nitrogens with one attached hydrogen (secondary N) is 1. The van der Waals surface area contributed by atoms with Gasteiger partial charge in [-0.25, -0.2) is 0 Å². The zero-order chi connectivity index (χ0) is 48.7. The van der Waals surface area contributed by atoms with E-state index in [4.69, 9.17) is 9.47 Å². The molecule has 388 valence electrons. The normalized spacial score (nSPS) is 20.3. The van der Waals surface area contributed by atoms with Crippen LogP contribution in [-0.4, -0.2) is 87.5 Å². The van der Waals surface area contributed by atoms with E-state index in [0.29, 0.717) is 6.42 Å². The largest absolute Gasteiger partial charge is 0.394 e. The van der Waals surface area contributed by atoms with Gasteiger partial charge in [-0.05, 0) is 44.9 Å². The lowest BCUT2D eigenvalue weighted by molar-refractivity contribution is -0.302. The molecule has 9 nitrogen and oxygen atoms in total. The Morgan fingerprint density at radius 1 is 0.522 bits per heavy atom. The minimum Gasteiger partial charge on any atom is -0.394 e. The molecule has 1 rings (SSSR count). The summed E-state index contributed by atoms with van der Waals surface area (Å²) in [5, 5.41) is 54.3. The maximum atomic E-state index is 12.9. The molecular formula is C58H103NO8. The maximum Gasteiger partial charge on any atom is 0.224 e. The van der Waals surface area contributed by atoms with Crippen LogP contribution < -0.4 is 5.32 Å². The first-order valence-electron chi connectivity index (χ1n) is 27.7. The second-order valence-electron chi connectivity index (χ2n) is 19.0. The van der Waals surface area contributed by atoms with Crippen LogP contribution in [-0.2, 0) is 14.3 Å². The van der Waals surface area contributed by atoms with Crippen molar-refractivity contribution in [3.8, 4) is 0 Å². The molecule has 7 atom stereocenters. The molecule has 0 aliphatic carbocycles. The van der Waals surface area contributed by atoms with Gasteiger partial charge in [-0.15, -0.1) is 0 Å². The number of carbonyl (C=O) groups is 1. The average molecular weight is 942 g/mol. The van der Waals surface area contributed by atoms with E-state index in [1.165, 1.54) is 161 Å². The quantitative estimate of drug-likeness (QED) is 0.0261. The fraction of sp³-hybridized carbons (Fsp3) is 0.776. The van der Waals surface area contributed by atoms with Gasteiger partial charge in [0.05, 0.1) is 25.4 Å². The van der Waals surface area contributed by atoms with Gasteiger partial charge in [0.15, 0.2) is 6.29 Å². The molecule has 1 fully saturated rings. The highest BCUT2D eigenvalue weighted by Crippen LogP contribution is 2.23. The molecule has 67 heavy (non-hydrogen) atoms. The van der Waals surface area contributed by atoms with E-state index in [1.54, 1.807) is 12.2 Å². The van der Waals surface area contributed by atoms with Gasteiger partial charge in [-0.2, -0.15) is 0 Å². The Balaban J connectivity index is 2.24. The smallest absolute Gasteiger partial charge is 0.224 e. The van der Waals surface area contributed by atoms with E-state index in [9.17, 15) is 30.3 Å². The molecule has 1 aliphatic heterocycles. The van der Waals surface area contributed by atoms with Crippen LogP contribution in [0.2, 0.25) is 0 Å². The second kappa shape index (κ2) is 47.3. The lowest BCUT2D eigenvalue weighted by Crippen LogP contribution is -2.60. The molecule has 0 aromatic heterocycles. The molecule has 0 spiro atoms. The van der Waals surface area contributed by atoms with E-state index >= 15 is 0 Å². The number of hydrogen-bond donors (Lipinski definition) is 6. The van der Waals surface area contributed by atoms with Crippen molar-refractivity contribution >= 4 is 5.91 Å². The van der Waals surface area contributed by atoms with Crippen molar-refractivity contribution in [2.75, 3.05) is 13.2 Å². The number of carbonyl (C=O) groups excluding carboxylic acids is 1. The van der Waals surface area contributed by atoms with Crippen molar-refractivity contribution in [2.24, 2.45) is 0 Å². The summed E-state index contributed by atoms with van der Waals surface area (Å²) in [6.07, 6.45) is 58.6. The monoisotopic (exact) mass is 942 g/mol. The van der Waals surface area contributed by atoms with E-state index < -0.39 is 49.5 Å². The van der Waals surface area contributed by atoms with Gasteiger partial charge in [-0.1, -0.05) is 254 Å². The van der Waals surface area contributed by atoms with Crippen molar-refractivity contribution in [3.63, 3.8) is 0 Å². The highest BCUT2D eigenvalue weighted by atomic mass is 16.7. The van der Waals surface area contributed by atoms with E-state index in [2.05, 4.69) is 67.8 Å². The summed E-state index contributed by atoms with van der Waals surface area (Å²) in [6.45, 7) is 3.61. The third-order valence-corrected chi connectivity index (χ3v) is 12.8. The Morgan fingerprint density at radius 2 is 0.910 bits per heavy atom. The second-order valence-corrected chi connectivity index (χ2v) is 19.0. The molecule has 0 aromatic rings. The van der Waals surface area contributed by atoms with Crippen molar-refractivity contribution in [2.45, 2.75) is 275 Å². The van der Waals surface area contributed by atoms with Crippen LogP contribution >= 0.6 is 0 Å². The average Bonchev–Trinajstić information content (AvgIpc) is 3.33. The molecule has 1 aliphatic rings. The zero-order valence-electron chi connectivity index (χ0n) is 42.9. The van der Waals surface area contributed by atoms with Gasteiger partial charge >= 0.3 is 0 Å². The Hall–Kier alpha value is -2.37. The van der Waals surface area contributed by atoms with Crippen LogP contribution in [0.1, 0.15) is 232 Å². The van der Waals surface area contributed by atoms with Crippen LogP contribution in [0.5, 0.6) is 0 Å². The highest BCUT2D eigenvalue weighted by Gasteiger charge is 2.44. The Morgan fingerprint density at radius 3 is 1.31 bits per heavy atom. The van der Waals surface area contributed by atoms with Crippen molar-refractivity contribution < 1.29 is 39.8 Å². The summed E-state index contributed by atoms with van der Waals surface area (Å²) in [7, 11) is 0. The van der Waals surface area contributed by atoms with E-state index in [-0.39, 0.29) is 18.9 Å². The Bertz CT molecular complexity index is 1280. The molecule has 9 heteroatoms. The van der Waals surface area contributed by atoms with Crippen LogP contribution in [0.3, 0.4) is 0 Å². The molecule has 0 saturated carbocycles. The third-order valence-electron chi connectivity index (χ3n) is 12.8. The number of ether oxygens (including phenoxy) is 2. The Labute approximate surface area is 410 Å². The lowest BCUT2D eigenvalue weighted by Gasteiger charge is -2.40. The van der Waals surface area contributed by atoms with Crippen molar-refractivity contribution in [1.82, 2.24) is 5.32 Å². The number of allylic oxidation sites excluding steroid dienone is 10. The summed E-state index contributed by atoms with van der Waals surface area (Å²) in [6, 6.07) is -0.863. The molecule has 1 saturated heterocycles. The number of aliphatic hydroxyl groups excluding tert-OH is 5. The minimum atomic E-state index is -1.59. The fourth-order valence-electron chi connectivity index (χ4n) is 8.46. The van der Waals surface area contributed by atoms with E-state index in [1.807, 2.05) is 12.2 Å². The number of amides is 1. The van der Waals surface area contributed by atoms with Gasteiger partial charge in [0.1, 0.15) is 24.4 Å². The zero-order valence-corrected chi connectivity index (χ0v) is 42.9. The predicted octanol–water partition coefficient (Wildman–Crippen LogP) is 13.3. The number of rotatable bonds is 46. The molecule has 7 unspecified atom stereocenters. The summed E-state index contributed by atoms with van der Waals surface area (Å²) in [5.41, 5.74) is 0. The summed E-state index contributed by atoms with van der Waals surface area (Å²) in [4.78, 5) is 12.9. The molecule has 1 amide bonds. The first kappa shape index (κ1) is 62.6. The number of unbranched alkanes of at least 4 members (excludes halogenated alkanes) is 27. The molecular weight excluding hydrogens is 839 g/mol. The molecule has 6 N–H and O–H groups in total. The molecule has 0 aromatic carbocycles. The van der Waals surface area contributed by atoms with Crippen molar-refractivity contribution in [3.05, 3.63) is 72.9 Å². The fourth-order valence-corrected chi connectivity index (χ4v) is 8.46. The SMILES string of the molecule is CC/C=C\C/C=C\C/C=C\C/C=C\C/C=C\CC(=O)NC(COC1OC(CO)C(O)C(O)C1O)C(O)/C=C/CCCCCCCCCCCCCCCCCCCCCCCCCCCCC. The maximum absolute atomic E-state index is 12.9. The predicted molar refractivity (Wildman–Crippen MR) is 281 cm³/mol. The third kappa shape index (κ3) is 37.2. The topological polar surface area (TPSA) is 149 Å². The van der Waals surface area contributed by atoms with E-state index in [0.717, 1.165) is 44.9 Å². The van der Waals surface area contributed by atoms with Crippen LogP contribution in [0, 0.1) is 0 Å². The highest BCUT2D eigenvalue weighted by molar-refractivity contribution is 5.77. The Kier molecular flexibility index (Phi) is 44.2. The summed E-state index contributed by atoms with van der Waals surface area (Å²) < 4.78 is 11.2. The molecule has 1 heterocycles. The first-order valence-corrected chi connectivity index (χ1v) is 27.7. The van der Waals surface area contributed by atoms with Gasteiger partial charge in [0, 0.05) is 6.42 Å². The minimum absolute atomic E-state index is 0.111. The summed E-state index contributed by atoms with van der Waals surface area (Å²) in [5.74, 6) is -0.304. The summed E-state index contributed by atoms with van der Waals surface area (Å²) >= 11 is 0. The number of aliphatic hydroxyl groups is 5. The van der Waals surface area contributed by atoms with Crippen LogP contribution in [0.25, 0.3) is 0 Å². The first-order chi connectivity index (χ1) is 32.8.